The Labute approximate surface area is 241 Å². The number of carbonyl (C=O) groups excluding carboxylic acids is 1. The number of hydrogen-bond acceptors (Lipinski definition) is 5. The van der Waals surface area contributed by atoms with E-state index in [1.54, 1.807) is 0 Å². The number of unbranched alkanes of at least 4 members (excludes halogenated alkanes) is 17. The van der Waals surface area contributed by atoms with Gasteiger partial charge in [0.1, 0.15) is 13.2 Å². The van der Waals surface area contributed by atoms with Gasteiger partial charge in [-0.2, -0.15) is 0 Å². The summed E-state index contributed by atoms with van der Waals surface area (Å²) in [5, 5.41) is 2.43. The molecule has 0 aliphatic rings. The zero-order valence-electron chi connectivity index (χ0n) is 26.2. The van der Waals surface area contributed by atoms with E-state index < -0.39 is 13.9 Å². The van der Waals surface area contributed by atoms with E-state index in [0.29, 0.717) is 11.0 Å². The highest BCUT2D eigenvalue weighted by atomic mass is 31.2. The largest absolute Gasteiger partial charge is 0.472 e. The van der Waals surface area contributed by atoms with Crippen molar-refractivity contribution in [2.75, 3.05) is 54.6 Å². The van der Waals surface area contributed by atoms with Crippen molar-refractivity contribution in [3.63, 3.8) is 0 Å². The summed E-state index contributed by atoms with van der Waals surface area (Å²) in [4.78, 5) is 21.5. The number of nitrogens with one attached hydrogen (secondary N) is 1. The van der Waals surface area contributed by atoms with Crippen LogP contribution in [-0.4, -0.2) is 70.0 Å². The molecule has 234 valence electrons. The summed E-state index contributed by atoms with van der Waals surface area (Å²) in [5.41, 5.74) is 0. The average molecular weight is 580 g/mol. The molecule has 2 unspecified atom stereocenters. The quantitative estimate of drug-likeness (QED) is 0.0551. The van der Waals surface area contributed by atoms with E-state index in [1.807, 2.05) is 21.1 Å². The number of nitrogens with zero attached hydrogens (tertiary/aromatic N) is 1. The van der Waals surface area contributed by atoms with Crippen molar-refractivity contribution in [1.82, 2.24) is 5.32 Å². The number of ether oxygens (including phenoxy) is 1. The SMILES string of the molecule is CCCCCCCCCCCCCCCCCCCCC(COC(=O)NC)COP(=O)(O)OCC[N+](C)(C)C. The molecular weight excluding hydrogens is 515 g/mol. The Morgan fingerprint density at radius 1 is 0.744 bits per heavy atom. The highest BCUT2D eigenvalue weighted by Crippen LogP contribution is 2.43. The molecule has 2 N–H and O–H groups in total. The molecule has 0 radical (unpaired) electrons. The smallest absolute Gasteiger partial charge is 0.449 e. The molecular formula is C30H64N2O6P+. The van der Waals surface area contributed by atoms with Gasteiger partial charge in [0.2, 0.25) is 0 Å². The Bertz CT molecular complexity index is 615. The van der Waals surface area contributed by atoms with Crippen molar-refractivity contribution in [3.05, 3.63) is 0 Å². The highest BCUT2D eigenvalue weighted by Gasteiger charge is 2.25. The maximum absolute atomic E-state index is 12.2. The Hall–Kier alpha value is -0.660. The number of phosphoric ester groups is 1. The lowest BCUT2D eigenvalue weighted by molar-refractivity contribution is -0.870. The van der Waals surface area contributed by atoms with E-state index in [0.717, 1.165) is 19.3 Å². The first-order chi connectivity index (χ1) is 18.6. The van der Waals surface area contributed by atoms with Gasteiger partial charge in [-0.05, 0) is 6.42 Å². The summed E-state index contributed by atoms with van der Waals surface area (Å²) < 4.78 is 28.4. The highest BCUT2D eigenvalue weighted by molar-refractivity contribution is 7.47. The predicted octanol–water partition coefficient (Wildman–Crippen LogP) is 8.23. The lowest BCUT2D eigenvalue weighted by Gasteiger charge is -2.24. The molecule has 0 heterocycles. The van der Waals surface area contributed by atoms with E-state index in [4.69, 9.17) is 13.8 Å². The van der Waals surface area contributed by atoms with Crippen LogP contribution in [0.1, 0.15) is 129 Å². The fourth-order valence-corrected chi connectivity index (χ4v) is 5.27. The minimum atomic E-state index is -4.13. The number of carbonyl (C=O) groups is 1. The molecule has 0 aromatic heterocycles. The van der Waals surface area contributed by atoms with Crippen LogP contribution in [-0.2, 0) is 18.3 Å². The molecule has 1 amide bonds. The fraction of sp³-hybridized carbons (Fsp3) is 0.967. The molecule has 0 aromatic carbocycles. The molecule has 8 nitrogen and oxygen atoms in total. The third kappa shape index (κ3) is 28.7. The van der Waals surface area contributed by atoms with Gasteiger partial charge in [0.05, 0.1) is 34.4 Å². The molecule has 39 heavy (non-hydrogen) atoms. The first-order valence-electron chi connectivity index (χ1n) is 15.9. The second kappa shape index (κ2) is 25.1. The maximum atomic E-state index is 12.2. The van der Waals surface area contributed by atoms with Crippen LogP contribution >= 0.6 is 7.82 Å². The Morgan fingerprint density at radius 3 is 1.59 bits per heavy atom. The zero-order valence-corrected chi connectivity index (χ0v) is 27.1. The van der Waals surface area contributed by atoms with Crippen LogP contribution in [0.15, 0.2) is 0 Å². The lowest BCUT2D eigenvalue weighted by atomic mass is 10.0. The van der Waals surface area contributed by atoms with Crippen molar-refractivity contribution in [1.29, 1.82) is 0 Å². The second-order valence-electron chi connectivity index (χ2n) is 12.1. The minimum absolute atomic E-state index is 0.0219. The van der Waals surface area contributed by atoms with Crippen LogP contribution in [0.2, 0.25) is 0 Å². The van der Waals surface area contributed by atoms with Gasteiger partial charge in [-0.25, -0.2) is 9.36 Å². The van der Waals surface area contributed by atoms with Gasteiger partial charge in [0, 0.05) is 13.0 Å². The van der Waals surface area contributed by atoms with E-state index in [-0.39, 0.29) is 25.7 Å². The molecule has 0 saturated heterocycles. The van der Waals surface area contributed by atoms with Gasteiger partial charge in [-0.3, -0.25) is 9.05 Å². The first-order valence-corrected chi connectivity index (χ1v) is 17.4. The van der Waals surface area contributed by atoms with E-state index >= 15 is 0 Å². The van der Waals surface area contributed by atoms with Crippen LogP contribution in [0, 0.1) is 5.92 Å². The van der Waals surface area contributed by atoms with Gasteiger partial charge >= 0.3 is 13.9 Å². The van der Waals surface area contributed by atoms with Gasteiger partial charge in [-0.15, -0.1) is 0 Å². The third-order valence-corrected chi connectivity index (χ3v) is 8.09. The van der Waals surface area contributed by atoms with Gasteiger partial charge in [0.15, 0.2) is 0 Å². The molecule has 0 aliphatic heterocycles. The molecule has 0 bridgehead atoms. The lowest BCUT2D eigenvalue weighted by Crippen LogP contribution is -2.37. The van der Waals surface area contributed by atoms with Crippen LogP contribution in [0.4, 0.5) is 4.79 Å². The standard InChI is InChI=1S/C30H63N2O6P/c1-6-7-8-9-10-11-12-13-14-15-16-17-18-19-20-21-22-23-24-29(27-36-30(33)31-2)28-38-39(34,35)37-26-25-32(3,4)5/h29H,6-28H2,1-5H3,(H-,31,33,34,35)/p+1. The third-order valence-electron chi connectivity index (χ3n) is 7.11. The molecule has 0 saturated carbocycles. The topological polar surface area (TPSA) is 94.1 Å². The van der Waals surface area contributed by atoms with Gasteiger partial charge in [-0.1, -0.05) is 122 Å². The van der Waals surface area contributed by atoms with E-state index in [2.05, 4.69) is 12.2 Å². The predicted molar refractivity (Wildman–Crippen MR) is 162 cm³/mol. The second-order valence-corrected chi connectivity index (χ2v) is 13.6. The Kier molecular flexibility index (Phi) is 24.7. The van der Waals surface area contributed by atoms with E-state index in [9.17, 15) is 14.3 Å². The van der Waals surface area contributed by atoms with Crippen LogP contribution in [0.25, 0.3) is 0 Å². The van der Waals surface area contributed by atoms with Crippen molar-refractivity contribution < 1.29 is 32.5 Å². The van der Waals surface area contributed by atoms with Crippen molar-refractivity contribution >= 4 is 13.9 Å². The van der Waals surface area contributed by atoms with E-state index in [1.165, 1.54) is 110 Å². The van der Waals surface area contributed by atoms with Crippen molar-refractivity contribution in [3.8, 4) is 0 Å². The number of alkyl carbamates (subject to hydrolysis) is 1. The van der Waals surface area contributed by atoms with Crippen LogP contribution < -0.4 is 5.32 Å². The number of quaternary nitrogens is 1. The van der Waals surface area contributed by atoms with Crippen LogP contribution in [0.5, 0.6) is 0 Å². The molecule has 0 fully saturated rings. The molecule has 9 heteroatoms. The normalized spacial score (nSPS) is 14.2. The molecule has 0 spiro atoms. The van der Waals surface area contributed by atoms with Gasteiger partial charge < -0.3 is 19.4 Å². The number of amides is 1. The van der Waals surface area contributed by atoms with Gasteiger partial charge in [0.25, 0.3) is 0 Å². The molecule has 0 rings (SSSR count). The minimum Gasteiger partial charge on any atom is -0.449 e. The van der Waals surface area contributed by atoms with Crippen LogP contribution in [0.3, 0.4) is 0 Å². The molecule has 0 aromatic rings. The Balaban J connectivity index is 3.87. The summed E-state index contributed by atoms with van der Waals surface area (Å²) >= 11 is 0. The zero-order chi connectivity index (χ0) is 29.2. The summed E-state index contributed by atoms with van der Waals surface area (Å²) in [7, 11) is 3.33. The Morgan fingerprint density at radius 2 is 1.18 bits per heavy atom. The number of rotatable bonds is 28. The number of hydrogen-bond donors (Lipinski definition) is 2. The summed E-state index contributed by atoms with van der Waals surface area (Å²) in [6, 6.07) is 0. The van der Waals surface area contributed by atoms with Crippen molar-refractivity contribution in [2.24, 2.45) is 5.92 Å². The summed E-state index contributed by atoms with van der Waals surface area (Å²) in [5.74, 6) is -0.147. The summed E-state index contributed by atoms with van der Waals surface area (Å²) in [6.07, 6.45) is 24.2. The molecule has 2 atom stereocenters. The van der Waals surface area contributed by atoms with Crippen molar-refractivity contribution in [2.45, 2.75) is 129 Å². The first kappa shape index (κ1) is 38.3. The summed E-state index contributed by atoms with van der Waals surface area (Å²) in [6.45, 7) is 3.18. The molecule has 0 aliphatic carbocycles. The maximum Gasteiger partial charge on any atom is 0.472 e. The number of phosphoric acid groups is 1. The fourth-order valence-electron chi connectivity index (χ4n) is 4.48. The monoisotopic (exact) mass is 579 g/mol. The number of likely N-dealkylation sites (N-methyl/N-ethyl adjacent to an activating group) is 1. The average Bonchev–Trinajstić information content (AvgIpc) is 2.87.